The number of nitrogens with zero attached hydrogens (tertiary/aromatic N) is 2. The van der Waals surface area contributed by atoms with Crippen molar-refractivity contribution in [2.75, 3.05) is 26.7 Å². The van der Waals surface area contributed by atoms with Crippen LogP contribution in [0.4, 0.5) is 0 Å². The van der Waals surface area contributed by atoms with Gasteiger partial charge in [-0.15, -0.1) is 0 Å². The Hall–Kier alpha value is -1.08. The zero-order valence-electron chi connectivity index (χ0n) is 10.6. The van der Waals surface area contributed by atoms with Crippen molar-refractivity contribution >= 4 is 11.6 Å². The second-order valence-electron chi connectivity index (χ2n) is 4.87. The summed E-state index contributed by atoms with van der Waals surface area (Å²) in [5.74, 6) is 0.743. The molecule has 0 spiro atoms. The van der Waals surface area contributed by atoms with E-state index in [4.69, 9.17) is 16.9 Å². The molecule has 1 fully saturated rings. The molecule has 0 bridgehead atoms. The van der Waals surface area contributed by atoms with Crippen molar-refractivity contribution in [3.05, 3.63) is 34.3 Å². The Bertz CT molecular complexity index is 453. The number of hydrogen-bond donors (Lipinski definition) is 1. The number of benzene rings is 1. The molecular weight excluding hydrogens is 246 g/mol. The number of hydrogen-bond acceptors (Lipinski definition) is 3. The van der Waals surface area contributed by atoms with Gasteiger partial charge in [-0.05, 0) is 50.2 Å². The first-order valence-corrected chi connectivity index (χ1v) is 6.66. The predicted molar refractivity (Wildman–Crippen MR) is 73.5 cm³/mol. The lowest BCUT2D eigenvalue weighted by atomic mass is 10.1. The normalized spacial score (nSPS) is 19.9. The molecule has 2 rings (SSSR count). The molecule has 1 aromatic rings. The van der Waals surface area contributed by atoms with Gasteiger partial charge in [0, 0.05) is 18.1 Å². The Morgan fingerprint density at radius 1 is 1.56 bits per heavy atom. The van der Waals surface area contributed by atoms with Crippen LogP contribution >= 0.6 is 11.6 Å². The molecule has 0 aromatic heterocycles. The predicted octanol–water partition coefficient (Wildman–Crippen LogP) is 2.25. The number of rotatable bonds is 4. The zero-order valence-corrected chi connectivity index (χ0v) is 11.4. The lowest BCUT2D eigenvalue weighted by Crippen LogP contribution is -2.24. The first-order valence-electron chi connectivity index (χ1n) is 6.28. The molecule has 1 aromatic carbocycles. The summed E-state index contributed by atoms with van der Waals surface area (Å²) in [5, 5.41) is 12.7. The highest BCUT2D eigenvalue weighted by Crippen LogP contribution is 2.23. The van der Waals surface area contributed by atoms with Crippen molar-refractivity contribution < 1.29 is 0 Å². The van der Waals surface area contributed by atoms with E-state index in [1.807, 2.05) is 19.2 Å². The third kappa shape index (κ3) is 3.23. The van der Waals surface area contributed by atoms with E-state index in [1.165, 1.54) is 6.42 Å². The van der Waals surface area contributed by atoms with Crippen molar-refractivity contribution in [1.29, 1.82) is 5.26 Å². The molecule has 1 aliphatic rings. The van der Waals surface area contributed by atoms with E-state index in [9.17, 15) is 0 Å². The van der Waals surface area contributed by atoms with Gasteiger partial charge in [0.2, 0.25) is 0 Å². The van der Waals surface area contributed by atoms with Crippen molar-refractivity contribution in [3.8, 4) is 6.07 Å². The van der Waals surface area contributed by atoms with Gasteiger partial charge in [0.25, 0.3) is 0 Å². The van der Waals surface area contributed by atoms with Gasteiger partial charge >= 0.3 is 0 Å². The molecule has 0 saturated carbocycles. The second kappa shape index (κ2) is 6.19. The summed E-state index contributed by atoms with van der Waals surface area (Å²) < 4.78 is 0. The molecule has 1 heterocycles. The van der Waals surface area contributed by atoms with Gasteiger partial charge in [0.15, 0.2) is 0 Å². The highest BCUT2D eigenvalue weighted by Gasteiger charge is 2.22. The van der Waals surface area contributed by atoms with Crippen molar-refractivity contribution in [2.45, 2.75) is 13.0 Å². The van der Waals surface area contributed by atoms with Crippen LogP contribution in [0.1, 0.15) is 17.5 Å². The van der Waals surface area contributed by atoms with Crippen LogP contribution in [-0.2, 0) is 6.54 Å². The van der Waals surface area contributed by atoms with E-state index < -0.39 is 0 Å². The summed E-state index contributed by atoms with van der Waals surface area (Å²) in [5.41, 5.74) is 1.74. The topological polar surface area (TPSA) is 39.1 Å². The Balaban J connectivity index is 1.96. The molecule has 1 aliphatic heterocycles. The van der Waals surface area contributed by atoms with Gasteiger partial charge in [-0.2, -0.15) is 5.26 Å². The third-order valence-corrected chi connectivity index (χ3v) is 3.79. The summed E-state index contributed by atoms with van der Waals surface area (Å²) in [6.07, 6.45) is 1.24. The van der Waals surface area contributed by atoms with Crippen LogP contribution in [0.15, 0.2) is 18.2 Å². The van der Waals surface area contributed by atoms with Crippen LogP contribution in [0.2, 0.25) is 5.02 Å². The Morgan fingerprint density at radius 2 is 2.39 bits per heavy atom. The molecule has 0 aliphatic carbocycles. The Labute approximate surface area is 113 Å². The van der Waals surface area contributed by atoms with Gasteiger partial charge in [-0.3, -0.25) is 4.90 Å². The van der Waals surface area contributed by atoms with Crippen LogP contribution < -0.4 is 5.32 Å². The molecule has 96 valence electrons. The van der Waals surface area contributed by atoms with Crippen molar-refractivity contribution in [2.24, 2.45) is 5.92 Å². The van der Waals surface area contributed by atoms with E-state index in [0.29, 0.717) is 10.6 Å². The summed E-state index contributed by atoms with van der Waals surface area (Å²) in [4.78, 5) is 2.43. The highest BCUT2D eigenvalue weighted by molar-refractivity contribution is 6.31. The van der Waals surface area contributed by atoms with Crippen LogP contribution in [0.3, 0.4) is 0 Å². The average Bonchev–Trinajstić information content (AvgIpc) is 2.80. The number of nitrogens with one attached hydrogen (secondary N) is 1. The minimum absolute atomic E-state index is 0.623. The van der Waals surface area contributed by atoms with Gasteiger partial charge < -0.3 is 5.32 Å². The SMILES string of the molecule is CNCC1CCN(Cc2ccc(C#N)cc2Cl)C1. The molecule has 1 N–H and O–H groups in total. The molecular formula is C14H18ClN3. The van der Waals surface area contributed by atoms with Crippen LogP contribution in [0, 0.1) is 17.2 Å². The molecule has 0 amide bonds. The molecule has 0 radical (unpaired) electrons. The highest BCUT2D eigenvalue weighted by atomic mass is 35.5. The van der Waals surface area contributed by atoms with Crippen LogP contribution in [0.5, 0.6) is 0 Å². The maximum atomic E-state index is 8.80. The van der Waals surface area contributed by atoms with E-state index in [-0.39, 0.29) is 0 Å². The van der Waals surface area contributed by atoms with Crippen LogP contribution in [-0.4, -0.2) is 31.6 Å². The zero-order chi connectivity index (χ0) is 13.0. The Kier molecular flexibility index (Phi) is 4.60. The fraction of sp³-hybridized carbons (Fsp3) is 0.500. The van der Waals surface area contributed by atoms with Gasteiger partial charge in [0.05, 0.1) is 11.6 Å². The lowest BCUT2D eigenvalue weighted by Gasteiger charge is -2.17. The monoisotopic (exact) mass is 263 g/mol. The maximum absolute atomic E-state index is 8.80. The summed E-state index contributed by atoms with van der Waals surface area (Å²) in [7, 11) is 2.00. The lowest BCUT2D eigenvalue weighted by molar-refractivity contribution is 0.315. The van der Waals surface area contributed by atoms with E-state index in [1.54, 1.807) is 6.07 Å². The molecule has 4 heteroatoms. The fourth-order valence-corrected chi connectivity index (χ4v) is 2.74. The number of halogens is 1. The second-order valence-corrected chi connectivity index (χ2v) is 5.27. The smallest absolute Gasteiger partial charge is 0.0992 e. The van der Waals surface area contributed by atoms with E-state index in [0.717, 1.165) is 37.7 Å². The summed E-state index contributed by atoms with van der Waals surface area (Å²) in [6.45, 7) is 4.21. The molecule has 1 saturated heterocycles. The van der Waals surface area contributed by atoms with Crippen LogP contribution in [0.25, 0.3) is 0 Å². The minimum atomic E-state index is 0.623. The van der Waals surface area contributed by atoms with E-state index in [2.05, 4.69) is 16.3 Å². The van der Waals surface area contributed by atoms with Crippen molar-refractivity contribution in [1.82, 2.24) is 10.2 Å². The maximum Gasteiger partial charge on any atom is 0.0992 e. The summed E-state index contributed by atoms with van der Waals surface area (Å²) in [6, 6.07) is 7.65. The Morgan fingerprint density at radius 3 is 3.06 bits per heavy atom. The number of likely N-dealkylation sites (tertiary alicyclic amines) is 1. The quantitative estimate of drug-likeness (QED) is 0.906. The largest absolute Gasteiger partial charge is 0.319 e. The minimum Gasteiger partial charge on any atom is -0.319 e. The average molecular weight is 264 g/mol. The van der Waals surface area contributed by atoms with Gasteiger partial charge in [-0.1, -0.05) is 17.7 Å². The fourth-order valence-electron chi connectivity index (χ4n) is 2.50. The van der Waals surface area contributed by atoms with Gasteiger partial charge in [0.1, 0.15) is 0 Å². The van der Waals surface area contributed by atoms with Crippen molar-refractivity contribution in [3.63, 3.8) is 0 Å². The molecule has 1 atom stereocenters. The first kappa shape index (κ1) is 13.4. The first-order chi connectivity index (χ1) is 8.72. The molecule has 3 nitrogen and oxygen atoms in total. The van der Waals surface area contributed by atoms with E-state index >= 15 is 0 Å². The molecule has 1 unspecified atom stereocenters. The molecule has 18 heavy (non-hydrogen) atoms. The standard InChI is InChI=1S/C14H18ClN3/c1-17-8-12-4-5-18(9-12)10-13-3-2-11(7-16)6-14(13)15/h2-3,6,12,17H,4-5,8-10H2,1H3. The third-order valence-electron chi connectivity index (χ3n) is 3.44. The number of nitriles is 1. The van der Waals surface area contributed by atoms with Gasteiger partial charge in [-0.25, -0.2) is 0 Å². The summed E-state index contributed by atoms with van der Waals surface area (Å²) >= 11 is 6.19.